The summed E-state index contributed by atoms with van der Waals surface area (Å²) in [4.78, 5) is 38.0. The van der Waals surface area contributed by atoms with Crippen LogP contribution in [-0.2, 0) is 28.6 Å². The van der Waals surface area contributed by atoms with Crippen LogP contribution in [0.15, 0.2) is 60.8 Å². The summed E-state index contributed by atoms with van der Waals surface area (Å²) in [5.74, 6) is -0.965. The lowest BCUT2D eigenvalue weighted by molar-refractivity contribution is -0.167. The molecule has 6 nitrogen and oxygen atoms in total. The first-order valence-corrected chi connectivity index (χ1v) is 27.8. The van der Waals surface area contributed by atoms with Crippen molar-refractivity contribution in [3.05, 3.63) is 60.8 Å². The van der Waals surface area contributed by atoms with E-state index in [4.69, 9.17) is 14.2 Å². The second-order valence-electron chi connectivity index (χ2n) is 18.5. The van der Waals surface area contributed by atoms with Gasteiger partial charge in [-0.3, -0.25) is 14.4 Å². The van der Waals surface area contributed by atoms with E-state index in [-0.39, 0.29) is 37.5 Å². The van der Waals surface area contributed by atoms with Crippen LogP contribution < -0.4 is 0 Å². The van der Waals surface area contributed by atoms with Crippen LogP contribution in [0.5, 0.6) is 0 Å². The van der Waals surface area contributed by atoms with Gasteiger partial charge in [-0.25, -0.2) is 0 Å². The standard InChI is InChI=1S/C59H104O6/c1-4-7-10-13-16-19-22-25-27-29-31-34-37-40-43-46-49-52-58(61)64-55-56(54-63-57(60)51-48-45-42-39-36-33-24-21-18-15-12-9-6-3)65-59(62)53-50-47-44-41-38-35-32-30-28-26-23-20-17-14-11-8-5-2/h25-28,31,33-34,36,40,43,56H,4-24,29-30,32,35,37-39,41-42,44-55H2,1-3H3/b27-25-,28-26-,34-31-,36-33-,43-40-. The number of ether oxygens (including phenoxy) is 3. The van der Waals surface area contributed by atoms with Crippen molar-refractivity contribution < 1.29 is 28.6 Å². The average molecular weight is 909 g/mol. The van der Waals surface area contributed by atoms with Gasteiger partial charge in [-0.15, -0.1) is 0 Å². The van der Waals surface area contributed by atoms with E-state index in [2.05, 4.69) is 81.5 Å². The van der Waals surface area contributed by atoms with Gasteiger partial charge in [0.1, 0.15) is 13.2 Å². The van der Waals surface area contributed by atoms with Crippen LogP contribution in [-0.4, -0.2) is 37.2 Å². The molecule has 0 aliphatic carbocycles. The molecule has 0 amide bonds. The molecule has 65 heavy (non-hydrogen) atoms. The summed E-state index contributed by atoms with van der Waals surface area (Å²) < 4.78 is 16.8. The first kappa shape index (κ1) is 62.1. The van der Waals surface area contributed by atoms with Gasteiger partial charge in [0.05, 0.1) is 0 Å². The molecule has 0 rings (SSSR count). The zero-order chi connectivity index (χ0) is 47.2. The number of carbonyl (C=O) groups excluding carboxylic acids is 3. The normalized spacial score (nSPS) is 12.5. The van der Waals surface area contributed by atoms with Crippen molar-refractivity contribution in [2.24, 2.45) is 0 Å². The number of rotatable bonds is 50. The highest BCUT2D eigenvalue weighted by Gasteiger charge is 2.19. The van der Waals surface area contributed by atoms with Crippen molar-refractivity contribution in [1.82, 2.24) is 0 Å². The predicted molar refractivity (Wildman–Crippen MR) is 279 cm³/mol. The van der Waals surface area contributed by atoms with Gasteiger partial charge in [0.2, 0.25) is 0 Å². The monoisotopic (exact) mass is 909 g/mol. The van der Waals surface area contributed by atoms with Crippen LogP contribution >= 0.6 is 0 Å². The van der Waals surface area contributed by atoms with E-state index in [9.17, 15) is 14.4 Å². The van der Waals surface area contributed by atoms with E-state index in [0.717, 1.165) is 70.6 Å². The Balaban J connectivity index is 4.46. The van der Waals surface area contributed by atoms with Crippen LogP contribution in [0.3, 0.4) is 0 Å². The van der Waals surface area contributed by atoms with Gasteiger partial charge in [-0.2, -0.15) is 0 Å². The molecule has 1 atom stereocenters. The Morgan fingerprint density at radius 1 is 0.308 bits per heavy atom. The highest BCUT2D eigenvalue weighted by Crippen LogP contribution is 2.14. The van der Waals surface area contributed by atoms with E-state index in [1.54, 1.807) is 0 Å². The Hall–Kier alpha value is -2.89. The number of hydrogen-bond acceptors (Lipinski definition) is 6. The predicted octanol–water partition coefficient (Wildman–Crippen LogP) is 18.4. The smallest absolute Gasteiger partial charge is 0.306 e. The zero-order valence-electron chi connectivity index (χ0n) is 43.0. The summed E-state index contributed by atoms with van der Waals surface area (Å²) in [6, 6.07) is 0. The van der Waals surface area contributed by atoms with Crippen LogP contribution in [0.25, 0.3) is 0 Å². The Morgan fingerprint density at radius 3 is 0.954 bits per heavy atom. The van der Waals surface area contributed by atoms with Crippen LogP contribution in [0.4, 0.5) is 0 Å². The zero-order valence-corrected chi connectivity index (χ0v) is 43.0. The molecule has 0 aromatic carbocycles. The van der Waals surface area contributed by atoms with Crippen molar-refractivity contribution in [2.45, 2.75) is 284 Å². The summed E-state index contributed by atoms with van der Waals surface area (Å²) in [6.07, 6.45) is 66.4. The molecule has 0 saturated heterocycles. The largest absolute Gasteiger partial charge is 0.462 e. The van der Waals surface area contributed by atoms with E-state index in [0.29, 0.717) is 19.3 Å². The first-order chi connectivity index (χ1) is 32.0. The molecular weight excluding hydrogens is 805 g/mol. The molecule has 0 fully saturated rings. The fourth-order valence-electron chi connectivity index (χ4n) is 7.74. The Kier molecular flexibility index (Phi) is 51.3. The third kappa shape index (κ3) is 51.9. The molecule has 0 spiro atoms. The lowest BCUT2D eigenvalue weighted by atomic mass is 10.1. The van der Waals surface area contributed by atoms with E-state index < -0.39 is 6.10 Å². The topological polar surface area (TPSA) is 78.9 Å². The second-order valence-corrected chi connectivity index (χ2v) is 18.5. The summed E-state index contributed by atoms with van der Waals surface area (Å²) in [7, 11) is 0. The molecular formula is C59H104O6. The van der Waals surface area contributed by atoms with E-state index in [1.807, 2.05) is 0 Å². The molecule has 0 aliphatic heterocycles. The van der Waals surface area contributed by atoms with E-state index in [1.165, 1.54) is 161 Å². The average Bonchev–Trinajstić information content (AvgIpc) is 3.30. The molecule has 0 N–H and O–H groups in total. The summed E-state index contributed by atoms with van der Waals surface area (Å²) >= 11 is 0. The Labute approximate surface area is 402 Å². The summed E-state index contributed by atoms with van der Waals surface area (Å²) in [6.45, 7) is 6.57. The SMILES string of the molecule is CCCCCCCC/C=C\C/C=C\C/C=C\CCCC(=O)OCC(COC(=O)CCCCC/C=C\CCCCCCCC)OC(=O)CCCCCCCCC/C=C\CCCCCCCC. The molecule has 0 bridgehead atoms. The second kappa shape index (κ2) is 53.7. The molecule has 0 aromatic heterocycles. The quantitative estimate of drug-likeness (QED) is 0.0262. The maximum Gasteiger partial charge on any atom is 0.306 e. The molecule has 0 aromatic rings. The van der Waals surface area contributed by atoms with Crippen molar-refractivity contribution in [3.8, 4) is 0 Å². The van der Waals surface area contributed by atoms with Gasteiger partial charge >= 0.3 is 17.9 Å². The molecule has 376 valence electrons. The van der Waals surface area contributed by atoms with Gasteiger partial charge in [0, 0.05) is 19.3 Å². The number of unbranched alkanes of at least 4 members (excludes halogenated alkanes) is 29. The molecule has 0 aliphatic rings. The first-order valence-electron chi connectivity index (χ1n) is 27.8. The Morgan fingerprint density at radius 2 is 0.569 bits per heavy atom. The van der Waals surface area contributed by atoms with Crippen molar-refractivity contribution in [3.63, 3.8) is 0 Å². The third-order valence-corrected chi connectivity index (χ3v) is 12.0. The number of allylic oxidation sites excluding steroid dienone is 10. The Bertz CT molecular complexity index is 1180. The maximum atomic E-state index is 12.8. The minimum atomic E-state index is -0.802. The van der Waals surface area contributed by atoms with Crippen molar-refractivity contribution >= 4 is 17.9 Å². The van der Waals surface area contributed by atoms with Crippen LogP contribution in [0, 0.1) is 0 Å². The number of carbonyl (C=O) groups is 3. The molecule has 0 radical (unpaired) electrons. The molecule has 1 unspecified atom stereocenters. The fourth-order valence-corrected chi connectivity index (χ4v) is 7.74. The highest BCUT2D eigenvalue weighted by molar-refractivity contribution is 5.71. The number of hydrogen-bond donors (Lipinski definition) is 0. The molecule has 6 heteroatoms. The maximum absolute atomic E-state index is 12.8. The van der Waals surface area contributed by atoms with Crippen molar-refractivity contribution in [1.29, 1.82) is 0 Å². The molecule has 0 heterocycles. The lowest BCUT2D eigenvalue weighted by Gasteiger charge is -2.18. The highest BCUT2D eigenvalue weighted by atomic mass is 16.6. The molecule has 0 saturated carbocycles. The van der Waals surface area contributed by atoms with Crippen LogP contribution in [0.2, 0.25) is 0 Å². The fraction of sp³-hybridized carbons (Fsp3) is 0.780. The van der Waals surface area contributed by atoms with Gasteiger partial charge in [-0.05, 0) is 103 Å². The van der Waals surface area contributed by atoms with Gasteiger partial charge in [0.15, 0.2) is 6.10 Å². The van der Waals surface area contributed by atoms with Crippen molar-refractivity contribution in [2.75, 3.05) is 13.2 Å². The van der Waals surface area contributed by atoms with Gasteiger partial charge in [0.25, 0.3) is 0 Å². The lowest BCUT2D eigenvalue weighted by Crippen LogP contribution is -2.30. The van der Waals surface area contributed by atoms with E-state index >= 15 is 0 Å². The number of esters is 3. The van der Waals surface area contributed by atoms with Crippen LogP contribution in [0.1, 0.15) is 278 Å². The third-order valence-electron chi connectivity index (χ3n) is 12.0. The minimum Gasteiger partial charge on any atom is -0.462 e. The van der Waals surface area contributed by atoms with Gasteiger partial charge < -0.3 is 14.2 Å². The summed E-state index contributed by atoms with van der Waals surface area (Å²) in [5, 5.41) is 0. The van der Waals surface area contributed by atoms with Gasteiger partial charge in [-0.1, -0.05) is 216 Å². The minimum absolute atomic E-state index is 0.0988. The summed E-state index contributed by atoms with van der Waals surface area (Å²) in [5.41, 5.74) is 0.